The first-order chi connectivity index (χ1) is 11.7. The number of benzene rings is 1. The van der Waals surface area contributed by atoms with Gasteiger partial charge in [0.15, 0.2) is 0 Å². The molecule has 24 heavy (non-hydrogen) atoms. The van der Waals surface area contributed by atoms with E-state index >= 15 is 0 Å². The molecule has 5 nitrogen and oxygen atoms in total. The van der Waals surface area contributed by atoms with E-state index in [1.54, 1.807) is 0 Å². The Kier molecular flexibility index (Phi) is 5.31. The molecule has 5 heteroatoms. The number of imide groups is 1. The van der Waals surface area contributed by atoms with Gasteiger partial charge in [0, 0.05) is 12.6 Å². The van der Waals surface area contributed by atoms with Crippen molar-refractivity contribution in [2.45, 2.75) is 57.5 Å². The van der Waals surface area contributed by atoms with E-state index in [1.165, 1.54) is 4.90 Å². The van der Waals surface area contributed by atoms with Gasteiger partial charge in [-0.2, -0.15) is 0 Å². The molecule has 2 aliphatic heterocycles. The quantitative estimate of drug-likeness (QED) is 0.840. The number of hydrogen-bond donors (Lipinski definition) is 1. The van der Waals surface area contributed by atoms with Gasteiger partial charge in [-0.05, 0) is 43.9 Å². The van der Waals surface area contributed by atoms with Crippen LogP contribution in [0.25, 0.3) is 0 Å². The minimum Gasteiger partial charge on any atom is -0.396 e. The maximum atomic E-state index is 13.0. The monoisotopic (exact) mass is 330 g/mol. The first-order valence-corrected chi connectivity index (χ1v) is 8.98. The molecule has 3 rings (SSSR count). The summed E-state index contributed by atoms with van der Waals surface area (Å²) in [5.74, 6) is -0.218. The largest absolute Gasteiger partial charge is 0.396 e. The van der Waals surface area contributed by atoms with Gasteiger partial charge in [-0.1, -0.05) is 31.5 Å². The second-order valence-corrected chi connectivity index (χ2v) is 6.67. The van der Waals surface area contributed by atoms with E-state index in [1.807, 2.05) is 31.2 Å². The number of piperidine rings is 1. The molecule has 0 radical (unpaired) electrons. The van der Waals surface area contributed by atoms with Gasteiger partial charge in [-0.3, -0.25) is 14.5 Å². The molecule has 0 spiro atoms. The third-order valence-corrected chi connectivity index (χ3v) is 5.27. The number of anilines is 1. The van der Waals surface area contributed by atoms with Crippen molar-refractivity contribution < 1.29 is 14.7 Å². The van der Waals surface area contributed by atoms with Crippen LogP contribution in [0.3, 0.4) is 0 Å². The highest BCUT2D eigenvalue weighted by molar-refractivity contribution is 6.22. The number of rotatable bonds is 5. The summed E-state index contributed by atoms with van der Waals surface area (Å²) in [7, 11) is 0. The fourth-order valence-corrected chi connectivity index (χ4v) is 4.05. The van der Waals surface area contributed by atoms with Crippen molar-refractivity contribution in [2.75, 3.05) is 18.1 Å². The average Bonchev–Trinajstić information content (AvgIpc) is 2.90. The topological polar surface area (TPSA) is 60.9 Å². The number of aliphatic hydroxyl groups excluding tert-OH is 1. The van der Waals surface area contributed by atoms with E-state index in [9.17, 15) is 14.7 Å². The van der Waals surface area contributed by atoms with Crippen molar-refractivity contribution in [1.82, 2.24) is 4.90 Å². The maximum Gasteiger partial charge on any atom is 0.251 e. The van der Waals surface area contributed by atoms with Crippen LogP contribution in [0.4, 0.5) is 5.69 Å². The molecule has 1 aromatic carbocycles. The number of amides is 2. The summed E-state index contributed by atoms with van der Waals surface area (Å²) in [4.78, 5) is 29.2. The highest BCUT2D eigenvalue weighted by Crippen LogP contribution is 2.32. The minimum atomic E-state index is -0.376. The molecule has 2 fully saturated rings. The second-order valence-electron chi connectivity index (χ2n) is 6.67. The van der Waals surface area contributed by atoms with Crippen molar-refractivity contribution >= 4 is 17.5 Å². The van der Waals surface area contributed by atoms with Crippen LogP contribution in [-0.2, 0) is 16.0 Å². The molecule has 1 aromatic rings. The van der Waals surface area contributed by atoms with Crippen LogP contribution in [0.15, 0.2) is 24.3 Å². The Labute approximate surface area is 143 Å². The number of nitrogens with zero attached hydrogens (tertiary/aromatic N) is 2. The van der Waals surface area contributed by atoms with Crippen LogP contribution in [0.1, 0.15) is 44.6 Å². The Hall–Kier alpha value is -1.72. The number of hydrogen-bond acceptors (Lipinski definition) is 4. The van der Waals surface area contributed by atoms with Gasteiger partial charge in [0.05, 0.1) is 18.2 Å². The molecule has 2 saturated heterocycles. The SMILES string of the molecule is CCc1ccccc1N1C(=O)CC(N2CCCCC2CCO)C1=O. The summed E-state index contributed by atoms with van der Waals surface area (Å²) in [5.41, 5.74) is 1.75. The fraction of sp³-hybridized carbons (Fsp3) is 0.579. The molecule has 130 valence electrons. The number of para-hydroxylation sites is 1. The number of likely N-dealkylation sites (tertiary alicyclic amines) is 1. The predicted octanol–water partition coefficient (Wildman–Crippen LogP) is 2.12. The lowest BCUT2D eigenvalue weighted by atomic mass is 9.97. The Morgan fingerprint density at radius 1 is 1.21 bits per heavy atom. The van der Waals surface area contributed by atoms with E-state index in [4.69, 9.17) is 0 Å². The van der Waals surface area contributed by atoms with Gasteiger partial charge in [0.2, 0.25) is 5.91 Å². The van der Waals surface area contributed by atoms with Gasteiger partial charge < -0.3 is 5.11 Å². The molecule has 0 aliphatic carbocycles. The number of aliphatic hydroxyl groups is 1. The van der Waals surface area contributed by atoms with Gasteiger partial charge in [0.25, 0.3) is 5.91 Å². The molecule has 2 atom stereocenters. The summed E-state index contributed by atoms with van der Waals surface area (Å²) in [6.45, 7) is 2.99. The van der Waals surface area contributed by atoms with E-state index in [2.05, 4.69) is 4.90 Å². The lowest BCUT2D eigenvalue weighted by Gasteiger charge is -2.38. The van der Waals surface area contributed by atoms with Crippen LogP contribution < -0.4 is 4.90 Å². The molecule has 2 heterocycles. The predicted molar refractivity (Wildman–Crippen MR) is 92.8 cm³/mol. The van der Waals surface area contributed by atoms with Crippen molar-refractivity contribution in [3.63, 3.8) is 0 Å². The van der Waals surface area contributed by atoms with Crippen molar-refractivity contribution in [2.24, 2.45) is 0 Å². The summed E-state index contributed by atoms with van der Waals surface area (Å²) in [6, 6.07) is 7.47. The Morgan fingerprint density at radius 2 is 2.00 bits per heavy atom. The van der Waals surface area contributed by atoms with E-state index < -0.39 is 0 Å². The minimum absolute atomic E-state index is 0.106. The fourth-order valence-electron chi connectivity index (χ4n) is 4.05. The van der Waals surface area contributed by atoms with Gasteiger partial charge in [-0.15, -0.1) is 0 Å². The molecule has 2 amide bonds. The zero-order valence-corrected chi connectivity index (χ0v) is 14.3. The first kappa shape index (κ1) is 17.1. The summed E-state index contributed by atoms with van der Waals surface area (Å²) < 4.78 is 0. The van der Waals surface area contributed by atoms with Crippen molar-refractivity contribution in [3.8, 4) is 0 Å². The normalized spacial score (nSPS) is 25.5. The van der Waals surface area contributed by atoms with E-state index in [0.29, 0.717) is 6.42 Å². The molecule has 0 bridgehead atoms. The number of carbonyl (C=O) groups is 2. The van der Waals surface area contributed by atoms with Crippen LogP contribution in [0.2, 0.25) is 0 Å². The third-order valence-electron chi connectivity index (χ3n) is 5.27. The van der Waals surface area contributed by atoms with E-state index in [-0.39, 0.29) is 36.9 Å². The zero-order chi connectivity index (χ0) is 17.1. The van der Waals surface area contributed by atoms with Gasteiger partial charge >= 0.3 is 0 Å². The number of aryl methyl sites for hydroxylation is 1. The van der Waals surface area contributed by atoms with Crippen LogP contribution in [0, 0.1) is 0 Å². The second kappa shape index (κ2) is 7.45. The van der Waals surface area contributed by atoms with Crippen molar-refractivity contribution in [3.05, 3.63) is 29.8 Å². The Morgan fingerprint density at radius 3 is 2.75 bits per heavy atom. The first-order valence-electron chi connectivity index (χ1n) is 8.98. The average molecular weight is 330 g/mol. The highest BCUT2D eigenvalue weighted by Gasteiger charge is 2.45. The van der Waals surface area contributed by atoms with Gasteiger partial charge in [0.1, 0.15) is 0 Å². The number of carbonyl (C=O) groups excluding carboxylic acids is 2. The maximum absolute atomic E-state index is 13.0. The van der Waals surface area contributed by atoms with Crippen LogP contribution in [-0.4, -0.2) is 47.1 Å². The molecular formula is C19H26N2O3. The lowest BCUT2D eigenvalue weighted by molar-refractivity contribution is -0.124. The van der Waals surface area contributed by atoms with Crippen molar-refractivity contribution in [1.29, 1.82) is 0 Å². The Bertz CT molecular complexity index is 614. The molecule has 1 N–H and O–H groups in total. The van der Waals surface area contributed by atoms with Crippen LogP contribution in [0.5, 0.6) is 0 Å². The third kappa shape index (κ3) is 3.10. The standard InChI is InChI=1S/C19H26N2O3/c1-2-14-7-3-4-9-16(14)21-18(23)13-17(19(21)24)20-11-6-5-8-15(20)10-12-22/h3-4,7,9,15,17,22H,2,5-6,8,10-13H2,1H3. The van der Waals surface area contributed by atoms with E-state index in [0.717, 1.165) is 43.5 Å². The summed E-state index contributed by atoms with van der Waals surface area (Å²) in [5, 5.41) is 9.31. The van der Waals surface area contributed by atoms with Crippen LogP contribution >= 0.6 is 0 Å². The molecule has 0 aromatic heterocycles. The molecular weight excluding hydrogens is 304 g/mol. The highest BCUT2D eigenvalue weighted by atomic mass is 16.3. The molecule has 2 aliphatic rings. The molecule has 2 unspecified atom stereocenters. The zero-order valence-electron chi connectivity index (χ0n) is 14.3. The Balaban J connectivity index is 1.86. The summed E-state index contributed by atoms with van der Waals surface area (Å²) >= 11 is 0. The smallest absolute Gasteiger partial charge is 0.251 e. The molecule has 0 saturated carbocycles. The lowest BCUT2D eigenvalue weighted by Crippen LogP contribution is -2.50. The van der Waals surface area contributed by atoms with Gasteiger partial charge in [-0.25, -0.2) is 4.90 Å². The summed E-state index contributed by atoms with van der Waals surface area (Å²) in [6.07, 6.45) is 4.87.